The van der Waals surface area contributed by atoms with Crippen molar-refractivity contribution in [2.45, 2.75) is 13.5 Å². The highest BCUT2D eigenvalue weighted by atomic mass is 79.9. The van der Waals surface area contributed by atoms with Gasteiger partial charge in [0, 0.05) is 31.4 Å². The number of pyridine rings is 2. The van der Waals surface area contributed by atoms with Crippen LogP contribution in [0.2, 0.25) is 0 Å². The number of nitrogens with zero attached hydrogens (tertiary/aromatic N) is 4. The molecule has 0 bridgehead atoms. The molecule has 0 aliphatic heterocycles. The van der Waals surface area contributed by atoms with Gasteiger partial charge in [0.05, 0.1) is 11.4 Å². The molecule has 1 N–H and O–H groups in total. The highest BCUT2D eigenvalue weighted by Crippen LogP contribution is 2.20. The van der Waals surface area contributed by atoms with E-state index in [2.05, 4.69) is 42.4 Å². The van der Waals surface area contributed by atoms with Gasteiger partial charge in [-0.2, -0.15) is 5.10 Å². The summed E-state index contributed by atoms with van der Waals surface area (Å²) >= 11 is 3.42. The number of hydrogen-bond acceptors (Lipinski definition) is 4. The molecular formula is C14H14BrN5. The maximum atomic E-state index is 4.47. The Bertz CT molecular complexity index is 765. The SMILES string of the molecule is Cc1nn(C)c2ncc(CNc3cccnc3Br)cc12. The lowest BCUT2D eigenvalue weighted by atomic mass is 10.2. The van der Waals surface area contributed by atoms with Crippen molar-refractivity contribution in [3.05, 3.63) is 46.5 Å². The van der Waals surface area contributed by atoms with Crippen LogP contribution in [0.3, 0.4) is 0 Å². The largest absolute Gasteiger partial charge is 0.379 e. The zero-order chi connectivity index (χ0) is 14.1. The summed E-state index contributed by atoms with van der Waals surface area (Å²) in [6, 6.07) is 6.01. The molecule has 0 aliphatic carbocycles. The predicted octanol–water partition coefficient (Wildman–Crippen LogP) is 3.05. The maximum Gasteiger partial charge on any atom is 0.157 e. The smallest absolute Gasteiger partial charge is 0.157 e. The van der Waals surface area contributed by atoms with Gasteiger partial charge in [-0.1, -0.05) is 0 Å². The summed E-state index contributed by atoms with van der Waals surface area (Å²) < 4.78 is 2.62. The van der Waals surface area contributed by atoms with Crippen molar-refractivity contribution in [3.8, 4) is 0 Å². The van der Waals surface area contributed by atoms with Gasteiger partial charge in [0.25, 0.3) is 0 Å². The van der Waals surface area contributed by atoms with Gasteiger partial charge in [-0.3, -0.25) is 4.68 Å². The van der Waals surface area contributed by atoms with Crippen molar-refractivity contribution in [2.75, 3.05) is 5.32 Å². The van der Waals surface area contributed by atoms with E-state index in [9.17, 15) is 0 Å². The van der Waals surface area contributed by atoms with E-state index >= 15 is 0 Å². The minimum atomic E-state index is 0.696. The minimum absolute atomic E-state index is 0.696. The Morgan fingerprint density at radius 1 is 1.35 bits per heavy atom. The molecule has 0 saturated heterocycles. The van der Waals surface area contributed by atoms with Crippen LogP contribution in [0.5, 0.6) is 0 Å². The van der Waals surface area contributed by atoms with Crippen LogP contribution in [0.25, 0.3) is 11.0 Å². The van der Waals surface area contributed by atoms with Crippen molar-refractivity contribution < 1.29 is 0 Å². The summed E-state index contributed by atoms with van der Waals surface area (Å²) in [6.45, 7) is 2.69. The van der Waals surface area contributed by atoms with E-state index in [-0.39, 0.29) is 0 Å². The van der Waals surface area contributed by atoms with E-state index in [0.717, 1.165) is 32.6 Å². The summed E-state index contributed by atoms with van der Waals surface area (Å²) in [5, 5.41) is 8.82. The van der Waals surface area contributed by atoms with Gasteiger partial charge in [-0.25, -0.2) is 9.97 Å². The molecule has 3 rings (SSSR count). The molecule has 0 amide bonds. The molecule has 0 unspecified atom stereocenters. The monoisotopic (exact) mass is 331 g/mol. The van der Waals surface area contributed by atoms with E-state index in [4.69, 9.17) is 0 Å². The van der Waals surface area contributed by atoms with Gasteiger partial charge in [0.1, 0.15) is 4.60 Å². The van der Waals surface area contributed by atoms with Crippen molar-refractivity contribution in [1.29, 1.82) is 0 Å². The molecule has 3 aromatic heterocycles. The van der Waals surface area contributed by atoms with Gasteiger partial charge in [0.2, 0.25) is 0 Å². The quantitative estimate of drug-likeness (QED) is 0.749. The molecule has 0 aromatic carbocycles. The molecule has 3 aromatic rings. The molecular weight excluding hydrogens is 318 g/mol. The van der Waals surface area contributed by atoms with Crippen LogP contribution < -0.4 is 5.32 Å². The van der Waals surface area contributed by atoms with E-state index in [1.165, 1.54) is 0 Å². The Labute approximate surface area is 125 Å². The van der Waals surface area contributed by atoms with E-state index in [0.29, 0.717) is 6.54 Å². The van der Waals surface area contributed by atoms with Crippen molar-refractivity contribution in [2.24, 2.45) is 7.05 Å². The lowest BCUT2D eigenvalue weighted by Crippen LogP contribution is -2.01. The number of anilines is 1. The third-order valence-electron chi connectivity index (χ3n) is 3.16. The lowest BCUT2D eigenvalue weighted by Gasteiger charge is -2.07. The highest BCUT2D eigenvalue weighted by Gasteiger charge is 2.07. The summed E-state index contributed by atoms with van der Waals surface area (Å²) in [5.41, 5.74) is 3.99. The first kappa shape index (κ1) is 13.1. The van der Waals surface area contributed by atoms with Crippen LogP contribution >= 0.6 is 15.9 Å². The Balaban J connectivity index is 1.85. The van der Waals surface area contributed by atoms with Gasteiger partial charge in [0.15, 0.2) is 5.65 Å². The molecule has 0 saturated carbocycles. The van der Waals surface area contributed by atoms with Crippen LogP contribution in [-0.2, 0) is 13.6 Å². The van der Waals surface area contributed by atoms with E-state index in [1.807, 2.05) is 32.3 Å². The number of rotatable bonds is 3. The van der Waals surface area contributed by atoms with Gasteiger partial charge in [-0.15, -0.1) is 0 Å². The minimum Gasteiger partial charge on any atom is -0.379 e. The molecule has 102 valence electrons. The standard InChI is InChI=1S/C14H14BrN5/c1-9-11-6-10(8-18-14(11)20(2)19-9)7-17-12-4-3-5-16-13(12)15/h3-6,8,17H,7H2,1-2H3. The fourth-order valence-electron chi connectivity index (χ4n) is 2.16. The average molecular weight is 332 g/mol. The second-order valence-electron chi connectivity index (χ2n) is 4.62. The number of halogens is 1. The third kappa shape index (κ3) is 2.38. The number of hydrogen-bond donors (Lipinski definition) is 1. The Kier molecular flexibility index (Phi) is 3.40. The summed E-state index contributed by atoms with van der Waals surface area (Å²) in [6.07, 6.45) is 3.63. The van der Waals surface area contributed by atoms with Crippen molar-refractivity contribution in [3.63, 3.8) is 0 Å². The summed E-state index contributed by atoms with van der Waals surface area (Å²) in [7, 11) is 1.91. The van der Waals surface area contributed by atoms with Crippen LogP contribution in [0.4, 0.5) is 5.69 Å². The van der Waals surface area contributed by atoms with E-state index < -0.39 is 0 Å². The Hall–Kier alpha value is -1.95. The first-order chi connectivity index (χ1) is 9.65. The molecule has 0 fully saturated rings. The van der Waals surface area contributed by atoms with Crippen molar-refractivity contribution in [1.82, 2.24) is 19.7 Å². The van der Waals surface area contributed by atoms with E-state index in [1.54, 1.807) is 10.9 Å². The van der Waals surface area contributed by atoms with Crippen LogP contribution in [0.1, 0.15) is 11.3 Å². The number of nitrogens with one attached hydrogen (secondary N) is 1. The van der Waals surface area contributed by atoms with Gasteiger partial charge >= 0.3 is 0 Å². The highest BCUT2D eigenvalue weighted by molar-refractivity contribution is 9.10. The van der Waals surface area contributed by atoms with Crippen molar-refractivity contribution >= 4 is 32.7 Å². The molecule has 0 spiro atoms. The fourth-order valence-corrected chi connectivity index (χ4v) is 2.55. The van der Waals surface area contributed by atoms with Crippen LogP contribution in [0, 0.1) is 6.92 Å². The normalized spacial score (nSPS) is 10.9. The lowest BCUT2D eigenvalue weighted by molar-refractivity contribution is 0.773. The van der Waals surface area contributed by atoms with Crippen LogP contribution in [0.15, 0.2) is 35.2 Å². The molecule has 6 heteroatoms. The Morgan fingerprint density at radius 3 is 3.00 bits per heavy atom. The second kappa shape index (κ2) is 5.20. The second-order valence-corrected chi connectivity index (χ2v) is 5.37. The van der Waals surface area contributed by atoms with Gasteiger partial charge < -0.3 is 5.32 Å². The number of aryl methyl sites for hydroxylation is 2. The first-order valence-electron chi connectivity index (χ1n) is 6.28. The third-order valence-corrected chi connectivity index (χ3v) is 3.79. The molecule has 20 heavy (non-hydrogen) atoms. The van der Waals surface area contributed by atoms with Crippen LogP contribution in [-0.4, -0.2) is 19.7 Å². The predicted molar refractivity (Wildman–Crippen MR) is 82.5 cm³/mol. The Morgan fingerprint density at radius 2 is 2.20 bits per heavy atom. The maximum absolute atomic E-state index is 4.47. The zero-order valence-corrected chi connectivity index (χ0v) is 12.8. The first-order valence-corrected chi connectivity index (χ1v) is 7.07. The fraction of sp³-hybridized carbons (Fsp3) is 0.214. The molecule has 0 atom stereocenters. The average Bonchev–Trinajstić information content (AvgIpc) is 2.73. The number of aromatic nitrogens is 4. The zero-order valence-electron chi connectivity index (χ0n) is 11.3. The summed E-state index contributed by atoms with van der Waals surface area (Å²) in [4.78, 5) is 8.65. The molecule has 5 nitrogen and oxygen atoms in total. The topological polar surface area (TPSA) is 55.6 Å². The molecule has 0 radical (unpaired) electrons. The molecule has 3 heterocycles. The van der Waals surface area contributed by atoms with Gasteiger partial charge in [-0.05, 0) is 46.6 Å². The number of fused-ring (bicyclic) bond motifs is 1. The summed E-state index contributed by atoms with van der Waals surface area (Å²) in [5.74, 6) is 0. The molecule has 0 aliphatic rings.